The van der Waals surface area contributed by atoms with Gasteiger partial charge in [0.05, 0.1) is 6.21 Å². The molecule has 1 aliphatic rings. The van der Waals surface area contributed by atoms with Gasteiger partial charge in [-0.1, -0.05) is 25.1 Å². The third-order valence-electron chi connectivity index (χ3n) is 6.11. The van der Waals surface area contributed by atoms with Crippen molar-refractivity contribution in [3.05, 3.63) is 64.9 Å². The molecule has 5 nitrogen and oxygen atoms in total. The lowest BCUT2D eigenvalue weighted by atomic mass is 9.79. The number of rotatable bonds is 4. The minimum absolute atomic E-state index is 0.143. The van der Waals surface area contributed by atoms with Gasteiger partial charge < -0.3 is 9.32 Å². The first-order valence-electron chi connectivity index (χ1n) is 10.5. The molecule has 2 heterocycles. The Labute approximate surface area is 177 Å². The molecule has 0 aliphatic carbocycles. The highest BCUT2D eigenvalue weighted by Crippen LogP contribution is 2.43. The van der Waals surface area contributed by atoms with Gasteiger partial charge in [0.25, 0.3) is 0 Å². The summed E-state index contributed by atoms with van der Waals surface area (Å²) in [5.41, 5.74) is 8.22. The maximum atomic E-state index is 12.4. The minimum Gasteiger partial charge on any atom is -0.451 e. The van der Waals surface area contributed by atoms with E-state index in [9.17, 15) is 4.79 Å². The number of hydrogen-bond acceptors (Lipinski definition) is 4. The van der Waals surface area contributed by atoms with Crippen LogP contribution in [0.2, 0.25) is 0 Å². The summed E-state index contributed by atoms with van der Waals surface area (Å²) in [6.45, 7) is 12.2. The quantitative estimate of drug-likeness (QED) is 0.454. The molecule has 1 aliphatic heterocycles. The van der Waals surface area contributed by atoms with Gasteiger partial charge in [-0.05, 0) is 81.0 Å². The van der Waals surface area contributed by atoms with Gasteiger partial charge in [0, 0.05) is 23.2 Å². The highest BCUT2D eigenvalue weighted by Gasteiger charge is 2.35. The maximum absolute atomic E-state index is 12.4. The van der Waals surface area contributed by atoms with Crippen LogP contribution in [0.15, 0.2) is 52.0 Å². The summed E-state index contributed by atoms with van der Waals surface area (Å²) in [5, 5.41) is 5.09. The number of benzene rings is 2. The van der Waals surface area contributed by atoms with E-state index in [1.54, 1.807) is 12.3 Å². The van der Waals surface area contributed by atoms with Crippen molar-refractivity contribution in [1.82, 2.24) is 5.43 Å². The van der Waals surface area contributed by atoms with E-state index < -0.39 is 0 Å². The van der Waals surface area contributed by atoms with Crippen molar-refractivity contribution in [1.29, 1.82) is 0 Å². The number of carbonyl (C=O) groups excluding carboxylic acids is 1. The number of amides is 1. The molecule has 3 aromatic rings. The zero-order chi connectivity index (χ0) is 21.5. The largest absolute Gasteiger partial charge is 0.451 e. The van der Waals surface area contributed by atoms with Crippen LogP contribution in [0.1, 0.15) is 67.3 Å². The van der Waals surface area contributed by atoms with Gasteiger partial charge in [-0.2, -0.15) is 5.10 Å². The molecule has 1 atom stereocenters. The molecular formula is C25H29N3O2. The van der Waals surface area contributed by atoms with Gasteiger partial charge in [-0.25, -0.2) is 5.43 Å². The first kappa shape index (κ1) is 20.2. The van der Waals surface area contributed by atoms with Gasteiger partial charge in [-0.15, -0.1) is 0 Å². The molecule has 5 heteroatoms. The fourth-order valence-electron chi connectivity index (χ4n) is 4.70. The SMILES string of the molecule is CCN1c2cc(C)c(/C=N/NC(=O)c3cc4ccccc4o3)cc2C(C)CC1(C)C. The number of aryl methyl sites for hydroxylation is 1. The predicted molar refractivity (Wildman–Crippen MR) is 123 cm³/mol. The van der Waals surface area contributed by atoms with Gasteiger partial charge in [0.15, 0.2) is 5.76 Å². The van der Waals surface area contributed by atoms with Crippen molar-refractivity contribution in [2.75, 3.05) is 11.4 Å². The number of nitrogens with one attached hydrogen (secondary N) is 1. The molecule has 0 fully saturated rings. The van der Waals surface area contributed by atoms with Crippen molar-refractivity contribution in [2.24, 2.45) is 5.10 Å². The summed E-state index contributed by atoms with van der Waals surface area (Å²) in [5.74, 6) is 0.367. The van der Waals surface area contributed by atoms with E-state index in [0.717, 1.165) is 29.5 Å². The van der Waals surface area contributed by atoms with E-state index in [2.05, 4.69) is 62.2 Å². The Kier molecular flexibility index (Phi) is 5.14. The van der Waals surface area contributed by atoms with Crippen LogP contribution in [0, 0.1) is 6.92 Å². The molecule has 1 N–H and O–H groups in total. The van der Waals surface area contributed by atoms with E-state index in [4.69, 9.17) is 4.42 Å². The Morgan fingerprint density at radius 2 is 2.07 bits per heavy atom. The molecule has 0 saturated heterocycles. The number of anilines is 1. The molecule has 1 unspecified atom stereocenters. The van der Waals surface area contributed by atoms with Crippen molar-refractivity contribution in [2.45, 2.75) is 52.5 Å². The van der Waals surface area contributed by atoms with Crippen LogP contribution in [0.5, 0.6) is 0 Å². The summed E-state index contributed by atoms with van der Waals surface area (Å²) < 4.78 is 5.60. The molecule has 4 rings (SSSR count). The van der Waals surface area contributed by atoms with Gasteiger partial charge >= 0.3 is 5.91 Å². The molecule has 0 saturated carbocycles. The average Bonchev–Trinajstić information content (AvgIpc) is 3.13. The first-order valence-corrected chi connectivity index (χ1v) is 10.5. The number of para-hydroxylation sites is 1. The summed E-state index contributed by atoms with van der Waals surface area (Å²) in [7, 11) is 0. The zero-order valence-corrected chi connectivity index (χ0v) is 18.3. The van der Waals surface area contributed by atoms with E-state index in [1.807, 2.05) is 24.3 Å². The third kappa shape index (κ3) is 3.60. The molecule has 0 radical (unpaired) electrons. The van der Waals surface area contributed by atoms with Crippen molar-refractivity contribution >= 4 is 28.8 Å². The monoisotopic (exact) mass is 403 g/mol. The van der Waals surface area contributed by atoms with Gasteiger partial charge in [0.2, 0.25) is 0 Å². The van der Waals surface area contributed by atoms with Gasteiger partial charge in [-0.3, -0.25) is 4.79 Å². The second-order valence-corrected chi connectivity index (χ2v) is 8.78. The summed E-state index contributed by atoms with van der Waals surface area (Å²) in [4.78, 5) is 14.9. The molecule has 1 aromatic heterocycles. The number of hydrogen-bond donors (Lipinski definition) is 1. The molecule has 1 amide bonds. The summed E-state index contributed by atoms with van der Waals surface area (Å²) in [6, 6.07) is 13.7. The summed E-state index contributed by atoms with van der Waals surface area (Å²) in [6.07, 6.45) is 2.83. The normalized spacial score (nSPS) is 18.0. The third-order valence-corrected chi connectivity index (χ3v) is 6.11. The highest BCUT2D eigenvalue weighted by molar-refractivity contribution is 5.96. The van der Waals surface area contributed by atoms with Crippen molar-refractivity contribution in [3.63, 3.8) is 0 Å². The van der Waals surface area contributed by atoms with Crippen LogP contribution >= 0.6 is 0 Å². The molecule has 30 heavy (non-hydrogen) atoms. The number of fused-ring (bicyclic) bond motifs is 2. The Hall–Kier alpha value is -3.08. The molecule has 0 spiro atoms. The number of nitrogens with zero attached hydrogens (tertiary/aromatic N) is 2. The molecular weight excluding hydrogens is 374 g/mol. The van der Waals surface area contributed by atoms with E-state index >= 15 is 0 Å². The van der Waals surface area contributed by atoms with Crippen molar-refractivity contribution in [3.8, 4) is 0 Å². The van der Waals surface area contributed by atoms with Crippen LogP contribution in [-0.4, -0.2) is 24.2 Å². The summed E-state index contributed by atoms with van der Waals surface area (Å²) >= 11 is 0. The molecule has 156 valence electrons. The molecule has 0 bridgehead atoms. The van der Waals surface area contributed by atoms with Gasteiger partial charge in [0.1, 0.15) is 5.58 Å². The van der Waals surface area contributed by atoms with Crippen molar-refractivity contribution < 1.29 is 9.21 Å². The number of hydrazone groups is 1. The zero-order valence-electron chi connectivity index (χ0n) is 18.3. The lowest BCUT2D eigenvalue weighted by Crippen LogP contribution is -2.48. The van der Waals surface area contributed by atoms with Crippen LogP contribution in [0.25, 0.3) is 11.0 Å². The van der Waals surface area contributed by atoms with Crippen LogP contribution in [0.4, 0.5) is 5.69 Å². The lowest BCUT2D eigenvalue weighted by Gasteiger charge is -2.47. The van der Waals surface area contributed by atoms with E-state index in [0.29, 0.717) is 11.5 Å². The average molecular weight is 404 g/mol. The number of furan rings is 1. The maximum Gasteiger partial charge on any atom is 0.307 e. The highest BCUT2D eigenvalue weighted by atomic mass is 16.3. The molecule has 2 aromatic carbocycles. The second-order valence-electron chi connectivity index (χ2n) is 8.78. The Morgan fingerprint density at radius 1 is 1.30 bits per heavy atom. The first-order chi connectivity index (χ1) is 14.3. The topological polar surface area (TPSA) is 57.8 Å². The van der Waals surface area contributed by atoms with Crippen LogP contribution < -0.4 is 10.3 Å². The lowest BCUT2D eigenvalue weighted by molar-refractivity contribution is 0.0929. The second kappa shape index (κ2) is 7.63. The smallest absolute Gasteiger partial charge is 0.307 e. The standard InChI is InChI=1S/C25H29N3O2/c1-6-28-21-11-16(2)19(12-20(21)17(3)14-25(28,4)5)15-26-27-24(29)23-13-18-9-7-8-10-22(18)30-23/h7-13,15,17H,6,14H2,1-5H3,(H,27,29)/b26-15+. The predicted octanol–water partition coefficient (Wildman–Crippen LogP) is 5.62. The fraction of sp³-hybridized carbons (Fsp3) is 0.360. The fourth-order valence-corrected chi connectivity index (χ4v) is 4.70. The minimum atomic E-state index is -0.356. The van der Waals surface area contributed by atoms with E-state index in [-0.39, 0.29) is 17.2 Å². The Morgan fingerprint density at radius 3 is 2.80 bits per heavy atom. The number of carbonyl (C=O) groups is 1. The van der Waals surface area contributed by atoms with Crippen LogP contribution in [-0.2, 0) is 0 Å². The van der Waals surface area contributed by atoms with Crippen LogP contribution in [0.3, 0.4) is 0 Å². The Bertz CT molecular complexity index is 1090. The Balaban J connectivity index is 1.55. The van der Waals surface area contributed by atoms with E-state index in [1.165, 1.54) is 11.3 Å².